The van der Waals surface area contributed by atoms with Gasteiger partial charge in [0.15, 0.2) is 0 Å². The number of rotatable bonds is 5. The Labute approximate surface area is 101 Å². The Hall–Kier alpha value is -0.670. The van der Waals surface area contributed by atoms with Crippen LogP contribution in [0.5, 0.6) is 0 Å². The van der Waals surface area contributed by atoms with Crippen molar-refractivity contribution < 1.29 is 4.21 Å². The molecule has 0 radical (unpaired) electrons. The molecule has 1 aromatic rings. The van der Waals surface area contributed by atoms with E-state index in [9.17, 15) is 4.21 Å². The molecule has 2 nitrogen and oxygen atoms in total. The van der Waals surface area contributed by atoms with Gasteiger partial charge in [-0.2, -0.15) is 0 Å². The van der Waals surface area contributed by atoms with Crippen LogP contribution in [0.4, 0.5) is 0 Å². The van der Waals surface area contributed by atoms with Gasteiger partial charge in [0.05, 0.1) is 0 Å². The maximum atomic E-state index is 12.0. The fourth-order valence-electron chi connectivity index (χ4n) is 1.43. The van der Waals surface area contributed by atoms with Crippen molar-refractivity contribution in [3.05, 3.63) is 35.9 Å². The summed E-state index contributed by atoms with van der Waals surface area (Å²) in [5, 5.41) is 0.203. The van der Waals surface area contributed by atoms with Gasteiger partial charge in [-0.3, -0.25) is 4.21 Å². The highest BCUT2D eigenvalue weighted by molar-refractivity contribution is 7.85. The second kappa shape index (κ2) is 6.16. The largest absolute Gasteiger partial charge is 0.323 e. The molecule has 0 heterocycles. The molecule has 0 bridgehead atoms. The summed E-state index contributed by atoms with van der Waals surface area (Å²) in [7, 11) is -0.850. The van der Waals surface area contributed by atoms with Gasteiger partial charge in [-0.25, -0.2) is 0 Å². The Morgan fingerprint density at radius 3 is 2.25 bits per heavy atom. The first kappa shape index (κ1) is 13.4. The summed E-state index contributed by atoms with van der Waals surface area (Å²) < 4.78 is 12.0. The van der Waals surface area contributed by atoms with Crippen molar-refractivity contribution in [2.24, 2.45) is 11.7 Å². The average Bonchev–Trinajstić information content (AvgIpc) is 2.28. The molecule has 16 heavy (non-hydrogen) atoms. The van der Waals surface area contributed by atoms with Crippen molar-refractivity contribution in [3.8, 4) is 0 Å². The first-order chi connectivity index (χ1) is 7.52. The van der Waals surface area contributed by atoms with Gasteiger partial charge in [0, 0.05) is 27.8 Å². The standard InChI is InChI=1S/C13H21NOS/c1-10(2)11(3)16(15)9-13(14)12-7-5-4-6-8-12/h4-8,10-11,13H,9,14H2,1-3H3. The van der Waals surface area contributed by atoms with Crippen LogP contribution in [-0.2, 0) is 10.8 Å². The van der Waals surface area contributed by atoms with Crippen molar-refractivity contribution >= 4 is 10.8 Å². The van der Waals surface area contributed by atoms with Crippen molar-refractivity contribution in [3.63, 3.8) is 0 Å². The minimum absolute atomic E-state index is 0.122. The summed E-state index contributed by atoms with van der Waals surface area (Å²) in [6.45, 7) is 6.21. The number of benzene rings is 1. The van der Waals surface area contributed by atoms with Crippen LogP contribution in [0.25, 0.3) is 0 Å². The van der Waals surface area contributed by atoms with E-state index in [0.29, 0.717) is 11.7 Å². The van der Waals surface area contributed by atoms with Crippen molar-refractivity contribution in [1.82, 2.24) is 0 Å². The lowest BCUT2D eigenvalue weighted by atomic mass is 10.1. The Morgan fingerprint density at radius 1 is 1.19 bits per heavy atom. The predicted molar refractivity (Wildman–Crippen MR) is 70.7 cm³/mol. The molecule has 0 aliphatic rings. The molecule has 1 aromatic carbocycles. The normalized spacial score (nSPS) is 17.1. The van der Waals surface area contributed by atoms with Gasteiger partial charge < -0.3 is 5.73 Å². The molecule has 1 rings (SSSR count). The van der Waals surface area contributed by atoms with Crippen LogP contribution in [0.2, 0.25) is 0 Å². The predicted octanol–water partition coefficient (Wildman–Crippen LogP) is 2.48. The first-order valence-electron chi connectivity index (χ1n) is 5.70. The van der Waals surface area contributed by atoms with Gasteiger partial charge in [0.1, 0.15) is 0 Å². The molecule has 0 spiro atoms. The molecule has 0 saturated carbocycles. The summed E-state index contributed by atoms with van der Waals surface area (Å²) in [5.74, 6) is 0.979. The minimum atomic E-state index is -0.850. The first-order valence-corrected chi connectivity index (χ1v) is 7.08. The molecule has 0 saturated heterocycles. The van der Waals surface area contributed by atoms with E-state index in [-0.39, 0.29) is 11.3 Å². The van der Waals surface area contributed by atoms with Crippen LogP contribution in [0.15, 0.2) is 30.3 Å². The molecular formula is C13H21NOS. The summed E-state index contributed by atoms with van der Waals surface area (Å²) in [4.78, 5) is 0. The van der Waals surface area contributed by atoms with E-state index in [4.69, 9.17) is 5.73 Å². The SMILES string of the molecule is CC(C)C(C)S(=O)CC(N)c1ccccc1. The van der Waals surface area contributed by atoms with E-state index in [1.807, 2.05) is 37.3 Å². The highest BCUT2D eigenvalue weighted by Crippen LogP contribution is 2.15. The maximum absolute atomic E-state index is 12.0. The smallest absolute Gasteiger partial charge is 0.0431 e. The molecule has 0 aliphatic heterocycles. The quantitative estimate of drug-likeness (QED) is 0.858. The van der Waals surface area contributed by atoms with Crippen molar-refractivity contribution in [1.29, 1.82) is 0 Å². The zero-order valence-corrected chi connectivity index (χ0v) is 11.0. The Bertz CT molecular complexity index is 337. The lowest BCUT2D eigenvalue weighted by molar-refractivity contribution is 0.601. The number of hydrogen-bond donors (Lipinski definition) is 1. The second-order valence-electron chi connectivity index (χ2n) is 4.51. The van der Waals surface area contributed by atoms with Crippen LogP contribution in [0.1, 0.15) is 32.4 Å². The van der Waals surface area contributed by atoms with Gasteiger partial charge in [-0.1, -0.05) is 51.1 Å². The monoisotopic (exact) mass is 239 g/mol. The summed E-state index contributed by atoms with van der Waals surface area (Å²) in [6.07, 6.45) is 0. The van der Waals surface area contributed by atoms with E-state index >= 15 is 0 Å². The Kier molecular flexibility index (Phi) is 5.16. The van der Waals surface area contributed by atoms with Crippen molar-refractivity contribution in [2.75, 3.05) is 5.75 Å². The Morgan fingerprint density at radius 2 is 1.75 bits per heavy atom. The molecule has 0 amide bonds. The molecule has 3 heteroatoms. The van der Waals surface area contributed by atoms with E-state index in [1.54, 1.807) is 0 Å². The fourth-order valence-corrected chi connectivity index (χ4v) is 2.89. The third-order valence-electron chi connectivity index (χ3n) is 2.93. The molecule has 0 aliphatic carbocycles. The van der Waals surface area contributed by atoms with Gasteiger partial charge in [0.2, 0.25) is 0 Å². The highest BCUT2D eigenvalue weighted by atomic mass is 32.2. The number of nitrogens with two attached hydrogens (primary N) is 1. The maximum Gasteiger partial charge on any atom is 0.0431 e. The second-order valence-corrected chi connectivity index (χ2v) is 6.35. The third-order valence-corrected chi connectivity index (χ3v) is 4.99. The van der Waals surface area contributed by atoms with Crippen LogP contribution in [0.3, 0.4) is 0 Å². The van der Waals surface area contributed by atoms with Gasteiger partial charge >= 0.3 is 0 Å². The lowest BCUT2D eigenvalue weighted by Gasteiger charge is -2.18. The molecule has 3 unspecified atom stereocenters. The van der Waals surface area contributed by atoms with E-state index in [1.165, 1.54) is 0 Å². The molecule has 90 valence electrons. The van der Waals surface area contributed by atoms with E-state index in [0.717, 1.165) is 5.56 Å². The molecule has 0 fully saturated rings. The minimum Gasteiger partial charge on any atom is -0.323 e. The summed E-state index contributed by atoms with van der Waals surface area (Å²) in [6, 6.07) is 9.74. The van der Waals surface area contributed by atoms with Crippen LogP contribution >= 0.6 is 0 Å². The lowest BCUT2D eigenvalue weighted by Crippen LogP contribution is -2.26. The third kappa shape index (κ3) is 3.72. The van der Waals surface area contributed by atoms with Crippen molar-refractivity contribution in [2.45, 2.75) is 32.1 Å². The van der Waals surface area contributed by atoms with Gasteiger partial charge in [-0.05, 0) is 11.5 Å². The number of hydrogen-bond acceptors (Lipinski definition) is 2. The van der Waals surface area contributed by atoms with Gasteiger partial charge in [0.25, 0.3) is 0 Å². The molecule has 0 aromatic heterocycles. The van der Waals surface area contributed by atoms with E-state index in [2.05, 4.69) is 13.8 Å². The summed E-state index contributed by atoms with van der Waals surface area (Å²) >= 11 is 0. The topological polar surface area (TPSA) is 43.1 Å². The zero-order chi connectivity index (χ0) is 12.1. The summed E-state index contributed by atoms with van der Waals surface area (Å²) in [5.41, 5.74) is 7.10. The molecule has 2 N–H and O–H groups in total. The molecule has 3 atom stereocenters. The molecular weight excluding hydrogens is 218 g/mol. The van der Waals surface area contributed by atoms with Gasteiger partial charge in [-0.15, -0.1) is 0 Å². The highest BCUT2D eigenvalue weighted by Gasteiger charge is 2.18. The van der Waals surface area contributed by atoms with E-state index < -0.39 is 10.8 Å². The van der Waals surface area contributed by atoms with Crippen LogP contribution in [-0.4, -0.2) is 15.2 Å². The Balaban J connectivity index is 2.58. The van der Waals surface area contributed by atoms with Crippen LogP contribution in [0, 0.1) is 5.92 Å². The zero-order valence-electron chi connectivity index (χ0n) is 10.2. The average molecular weight is 239 g/mol. The van der Waals surface area contributed by atoms with Crippen LogP contribution < -0.4 is 5.73 Å². The fraction of sp³-hybridized carbons (Fsp3) is 0.538.